The number of rotatable bonds is 2. The van der Waals surface area contributed by atoms with Gasteiger partial charge in [0.15, 0.2) is 0 Å². The summed E-state index contributed by atoms with van der Waals surface area (Å²) in [6, 6.07) is 11.2. The lowest BCUT2D eigenvalue weighted by atomic mass is 10.0. The fourth-order valence-corrected chi connectivity index (χ4v) is 2.54. The van der Waals surface area contributed by atoms with Crippen molar-refractivity contribution < 1.29 is 20.1 Å². The number of hydrogen-bond acceptors (Lipinski definition) is 4. The number of hydrogen-bond donors (Lipinski definition) is 3. The number of carboxylic acid groups (broad SMARTS) is 1. The van der Waals surface area contributed by atoms with E-state index in [0.29, 0.717) is 11.1 Å². The molecule has 5 nitrogen and oxygen atoms in total. The minimum Gasteiger partial charge on any atom is -0.480 e. The molecule has 2 atom stereocenters. The Bertz CT molecular complexity index is 606. The van der Waals surface area contributed by atoms with Crippen LogP contribution >= 0.6 is 0 Å². The summed E-state index contributed by atoms with van der Waals surface area (Å²) in [7, 11) is 0. The first-order valence-electron chi connectivity index (χ1n) is 5.94. The molecule has 2 aromatic carbocycles. The lowest BCUT2D eigenvalue weighted by Gasteiger charge is -2.21. The molecule has 3 N–H and O–H groups in total. The maximum atomic E-state index is 10.8. The summed E-state index contributed by atoms with van der Waals surface area (Å²) in [4.78, 5) is 11.9. The molecule has 3 rings (SSSR count). The summed E-state index contributed by atoms with van der Waals surface area (Å²) >= 11 is 0. The van der Waals surface area contributed by atoms with E-state index in [4.69, 9.17) is 5.11 Å². The van der Waals surface area contributed by atoms with E-state index in [1.807, 2.05) is 24.3 Å². The van der Waals surface area contributed by atoms with Gasteiger partial charge in [0.25, 0.3) is 0 Å². The lowest BCUT2D eigenvalue weighted by Crippen LogP contribution is -2.31. The number of benzene rings is 2. The van der Waals surface area contributed by atoms with Crippen LogP contribution in [0.4, 0.5) is 0 Å². The number of aliphatic hydroxyl groups excluding tert-OH is 2. The first-order chi connectivity index (χ1) is 9.08. The number of carboxylic acids is 1. The predicted molar refractivity (Wildman–Crippen MR) is 68.2 cm³/mol. The zero-order valence-corrected chi connectivity index (χ0v) is 10.0. The van der Waals surface area contributed by atoms with Gasteiger partial charge in [-0.05, 0) is 22.9 Å². The fraction of sp³-hybridized carbons (Fsp3) is 0.214. The molecule has 2 aromatic rings. The SMILES string of the molecule is O=C(O)CN1C(O)c2cc3ccccc3cc2C1O. The molecule has 2 unspecified atom stereocenters. The molecule has 1 heterocycles. The molecule has 0 aliphatic carbocycles. The van der Waals surface area contributed by atoms with Crippen molar-refractivity contribution in [2.45, 2.75) is 12.5 Å². The second-order valence-corrected chi connectivity index (χ2v) is 4.64. The maximum Gasteiger partial charge on any atom is 0.317 e. The van der Waals surface area contributed by atoms with Crippen LogP contribution in [0.5, 0.6) is 0 Å². The Morgan fingerprint density at radius 2 is 1.53 bits per heavy atom. The molecule has 0 radical (unpaired) electrons. The van der Waals surface area contributed by atoms with Gasteiger partial charge in [-0.3, -0.25) is 4.79 Å². The number of aliphatic hydroxyl groups is 2. The Morgan fingerprint density at radius 1 is 1.05 bits per heavy atom. The Kier molecular flexibility index (Phi) is 2.74. The van der Waals surface area contributed by atoms with Gasteiger partial charge >= 0.3 is 5.97 Å². The predicted octanol–water partition coefficient (Wildman–Crippen LogP) is 1.22. The third kappa shape index (κ3) is 1.88. The zero-order valence-electron chi connectivity index (χ0n) is 10.0. The van der Waals surface area contributed by atoms with Crippen LogP contribution in [0.15, 0.2) is 36.4 Å². The van der Waals surface area contributed by atoms with Crippen LogP contribution in [0.1, 0.15) is 23.6 Å². The van der Waals surface area contributed by atoms with Crippen LogP contribution in [0.25, 0.3) is 10.8 Å². The van der Waals surface area contributed by atoms with Crippen molar-refractivity contribution in [3.63, 3.8) is 0 Å². The van der Waals surface area contributed by atoms with Crippen LogP contribution in [0.2, 0.25) is 0 Å². The molecule has 0 saturated heterocycles. The van der Waals surface area contributed by atoms with E-state index in [9.17, 15) is 15.0 Å². The summed E-state index contributed by atoms with van der Waals surface area (Å²) in [5.74, 6) is -1.09. The molecule has 0 bridgehead atoms. The molecule has 98 valence electrons. The van der Waals surface area contributed by atoms with Gasteiger partial charge in [0.1, 0.15) is 19.0 Å². The molecule has 1 aliphatic heterocycles. The molecular weight excluding hydrogens is 246 g/mol. The quantitative estimate of drug-likeness (QED) is 0.755. The minimum atomic E-state index is -1.09. The van der Waals surface area contributed by atoms with Gasteiger partial charge in [-0.1, -0.05) is 24.3 Å². The molecule has 0 amide bonds. The summed E-state index contributed by atoms with van der Waals surface area (Å²) in [6.07, 6.45) is -2.18. The van der Waals surface area contributed by atoms with Gasteiger partial charge < -0.3 is 15.3 Å². The average molecular weight is 259 g/mol. The zero-order chi connectivity index (χ0) is 13.6. The van der Waals surface area contributed by atoms with Crippen LogP contribution in [-0.2, 0) is 4.79 Å². The highest BCUT2D eigenvalue weighted by Crippen LogP contribution is 2.40. The molecule has 0 spiro atoms. The van der Waals surface area contributed by atoms with Crippen LogP contribution < -0.4 is 0 Å². The van der Waals surface area contributed by atoms with Gasteiger partial charge in [-0.15, -0.1) is 0 Å². The number of aliphatic carboxylic acids is 1. The Balaban J connectivity index is 2.10. The van der Waals surface area contributed by atoms with Crippen molar-refractivity contribution in [1.29, 1.82) is 0 Å². The van der Waals surface area contributed by atoms with E-state index in [0.717, 1.165) is 15.7 Å². The second-order valence-electron chi connectivity index (χ2n) is 4.64. The standard InChI is InChI=1S/C14H13NO4/c16-12(17)7-15-13(18)10-5-8-3-1-2-4-9(8)6-11(10)14(15)19/h1-6,13-14,18-19H,7H2,(H,16,17). The largest absolute Gasteiger partial charge is 0.480 e. The van der Waals surface area contributed by atoms with E-state index in [2.05, 4.69) is 0 Å². The Labute approximate surface area is 109 Å². The Morgan fingerprint density at radius 3 is 1.95 bits per heavy atom. The summed E-state index contributed by atoms with van der Waals surface area (Å²) in [5, 5.41) is 31.0. The van der Waals surface area contributed by atoms with Gasteiger partial charge in [-0.2, -0.15) is 0 Å². The van der Waals surface area contributed by atoms with E-state index in [-0.39, 0.29) is 0 Å². The van der Waals surface area contributed by atoms with E-state index >= 15 is 0 Å². The monoisotopic (exact) mass is 259 g/mol. The summed E-state index contributed by atoms with van der Waals surface area (Å²) in [6.45, 7) is -0.409. The summed E-state index contributed by atoms with van der Waals surface area (Å²) in [5.41, 5.74) is 1.12. The molecular formula is C14H13NO4. The third-order valence-corrected chi connectivity index (χ3v) is 3.45. The fourth-order valence-electron chi connectivity index (χ4n) is 2.54. The molecule has 0 saturated carbocycles. The second kappa shape index (κ2) is 4.31. The van der Waals surface area contributed by atoms with Gasteiger partial charge in [0.2, 0.25) is 0 Å². The summed E-state index contributed by atoms with van der Waals surface area (Å²) < 4.78 is 0. The van der Waals surface area contributed by atoms with Crippen molar-refractivity contribution in [2.75, 3.05) is 6.54 Å². The average Bonchev–Trinajstić information content (AvgIpc) is 2.61. The van der Waals surface area contributed by atoms with Crippen LogP contribution in [-0.4, -0.2) is 32.7 Å². The normalized spacial score (nSPS) is 22.6. The first-order valence-corrected chi connectivity index (χ1v) is 5.94. The number of carbonyl (C=O) groups is 1. The number of nitrogens with zero attached hydrogens (tertiary/aromatic N) is 1. The van der Waals surface area contributed by atoms with Crippen LogP contribution in [0, 0.1) is 0 Å². The smallest absolute Gasteiger partial charge is 0.317 e. The Hall–Kier alpha value is -1.95. The topological polar surface area (TPSA) is 81.0 Å². The molecule has 19 heavy (non-hydrogen) atoms. The highest BCUT2D eigenvalue weighted by atomic mass is 16.4. The maximum absolute atomic E-state index is 10.8. The van der Waals surface area contributed by atoms with Crippen molar-refractivity contribution in [3.05, 3.63) is 47.5 Å². The molecule has 1 aliphatic rings. The lowest BCUT2D eigenvalue weighted by molar-refractivity contribution is -0.148. The van der Waals surface area contributed by atoms with Gasteiger partial charge in [0, 0.05) is 11.1 Å². The van der Waals surface area contributed by atoms with E-state index < -0.39 is 25.0 Å². The number of fused-ring (bicyclic) bond motifs is 2. The third-order valence-electron chi connectivity index (χ3n) is 3.45. The van der Waals surface area contributed by atoms with Crippen molar-refractivity contribution >= 4 is 16.7 Å². The van der Waals surface area contributed by atoms with Crippen molar-refractivity contribution in [3.8, 4) is 0 Å². The molecule has 0 fully saturated rings. The highest BCUT2D eigenvalue weighted by Gasteiger charge is 2.37. The van der Waals surface area contributed by atoms with Crippen molar-refractivity contribution in [1.82, 2.24) is 4.90 Å². The molecule has 5 heteroatoms. The molecule has 0 aromatic heterocycles. The van der Waals surface area contributed by atoms with E-state index in [1.165, 1.54) is 0 Å². The first kappa shape index (κ1) is 12.1. The van der Waals surface area contributed by atoms with Gasteiger partial charge in [0.05, 0.1) is 0 Å². The minimum absolute atomic E-state index is 0.409. The van der Waals surface area contributed by atoms with Crippen LogP contribution in [0.3, 0.4) is 0 Å². The highest BCUT2D eigenvalue weighted by molar-refractivity contribution is 5.84. The van der Waals surface area contributed by atoms with E-state index in [1.54, 1.807) is 12.1 Å². The van der Waals surface area contributed by atoms with Crippen molar-refractivity contribution in [2.24, 2.45) is 0 Å². The van der Waals surface area contributed by atoms with Gasteiger partial charge in [-0.25, -0.2) is 4.90 Å².